The molecule has 0 aliphatic heterocycles. The molecule has 0 N–H and O–H groups in total. The van der Waals surface area contributed by atoms with Crippen molar-refractivity contribution < 1.29 is 4.79 Å². The Morgan fingerprint density at radius 1 is 0.737 bits per heavy atom. The van der Waals surface area contributed by atoms with Crippen LogP contribution in [0.2, 0.25) is 0 Å². The molecule has 2 heteroatoms. The molecule has 0 aliphatic carbocycles. The first-order valence-corrected chi connectivity index (χ1v) is 7.80. The van der Waals surface area contributed by atoms with Crippen LogP contribution in [-0.2, 0) is 0 Å². The van der Waals surface area contributed by atoms with Crippen LogP contribution < -0.4 is 4.46 Å². The molecule has 0 fully saturated rings. The minimum atomic E-state index is -0.149. The van der Waals surface area contributed by atoms with Gasteiger partial charge >= 0.3 is 118 Å². The van der Waals surface area contributed by atoms with E-state index in [-0.39, 0.29) is 19.6 Å². The van der Waals surface area contributed by atoms with Crippen molar-refractivity contribution in [3.8, 4) is 0 Å². The number of hydrogen-bond acceptors (Lipinski definition) is 1. The molecule has 0 unspecified atom stereocenters. The minimum absolute atomic E-state index is 0.149. The van der Waals surface area contributed by atoms with Crippen LogP contribution in [0.5, 0.6) is 0 Å². The van der Waals surface area contributed by atoms with Gasteiger partial charge in [-0.3, -0.25) is 0 Å². The number of fused-ring (bicyclic) bond motifs is 1. The summed E-state index contributed by atoms with van der Waals surface area (Å²) in [6.45, 7) is 0. The Kier molecular flexibility index (Phi) is 3.45. The number of hydrogen-bond donors (Lipinski definition) is 0. The van der Waals surface area contributed by atoms with Crippen LogP contribution in [0, 0.1) is 0 Å². The molecule has 0 heterocycles. The molecule has 0 atom stereocenters. The van der Waals surface area contributed by atoms with Gasteiger partial charge in [-0.25, -0.2) is 0 Å². The fraction of sp³-hybridized carbons (Fsp3) is 0. The molecule has 0 saturated heterocycles. The SMILES string of the molecule is O=C([Se]c1ccccc1)c1ccc2ccccc2c1. The van der Waals surface area contributed by atoms with Gasteiger partial charge in [-0.2, -0.15) is 0 Å². The Balaban J connectivity index is 1.89. The summed E-state index contributed by atoms with van der Waals surface area (Å²) in [6.07, 6.45) is 0. The second-order valence-corrected chi connectivity index (χ2v) is 6.46. The Morgan fingerprint density at radius 3 is 2.21 bits per heavy atom. The summed E-state index contributed by atoms with van der Waals surface area (Å²) < 4.78 is 1.35. The Bertz CT molecular complexity index is 719. The summed E-state index contributed by atoms with van der Waals surface area (Å²) in [5.41, 5.74) is 0.808. The van der Waals surface area contributed by atoms with Gasteiger partial charge in [0.15, 0.2) is 0 Å². The van der Waals surface area contributed by atoms with E-state index in [0.717, 1.165) is 15.4 Å². The summed E-state index contributed by atoms with van der Waals surface area (Å²) in [7, 11) is 0. The number of rotatable bonds is 3. The summed E-state index contributed by atoms with van der Waals surface area (Å²) in [4.78, 5) is 12.3. The third-order valence-electron chi connectivity index (χ3n) is 2.94. The van der Waals surface area contributed by atoms with Crippen LogP contribution in [0.3, 0.4) is 0 Å². The summed E-state index contributed by atoms with van der Waals surface area (Å²) >= 11 is -0.149. The fourth-order valence-corrected chi connectivity index (χ4v) is 3.55. The molecule has 3 rings (SSSR count). The Morgan fingerprint density at radius 2 is 1.42 bits per heavy atom. The van der Waals surface area contributed by atoms with Crippen LogP contribution in [-0.4, -0.2) is 19.6 Å². The quantitative estimate of drug-likeness (QED) is 0.680. The molecule has 0 saturated carbocycles. The van der Waals surface area contributed by atoms with Crippen molar-refractivity contribution in [1.29, 1.82) is 0 Å². The molecule has 3 aromatic carbocycles. The van der Waals surface area contributed by atoms with Crippen molar-refractivity contribution in [2.24, 2.45) is 0 Å². The zero-order valence-corrected chi connectivity index (χ0v) is 12.0. The van der Waals surface area contributed by atoms with Crippen LogP contribution in [0.25, 0.3) is 10.8 Å². The molecule has 0 aliphatic rings. The van der Waals surface area contributed by atoms with Crippen molar-refractivity contribution in [2.45, 2.75) is 0 Å². The first-order valence-electron chi connectivity index (χ1n) is 6.09. The van der Waals surface area contributed by atoms with Crippen LogP contribution in [0.1, 0.15) is 10.4 Å². The van der Waals surface area contributed by atoms with E-state index in [1.807, 2.05) is 66.7 Å². The van der Waals surface area contributed by atoms with Gasteiger partial charge < -0.3 is 0 Å². The topological polar surface area (TPSA) is 17.1 Å². The molecular weight excluding hydrogens is 299 g/mol. The Hall–Kier alpha value is -1.89. The van der Waals surface area contributed by atoms with E-state index in [0.29, 0.717) is 0 Å². The van der Waals surface area contributed by atoms with E-state index >= 15 is 0 Å². The summed E-state index contributed by atoms with van der Waals surface area (Å²) in [5.74, 6) is 0. The first-order chi connectivity index (χ1) is 9.33. The van der Waals surface area contributed by atoms with E-state index in [4.69, 9.17) is 0 Å². The average molecular weight is 311 g/mol. The van der Waals surface area contributed by atoms with Crippen molar-refractivity contribution in [3.05, 3.63) is 78.4 Å². The molecule has 0 bridgehead atoms. The van der Waals surface area contributed by atoms with Gasteiger partial charge in [-0.15, -0.1) is 0 Å². The standard InChI is InChI=1S/C17H12OSe/c18-17(19-16-8-2-1-3-9-16)15-11-10-13-6-4-5-7-14(13)12-15/h1-12H. The zero-order chi connectivity index (χ0) is 13.1. The Labute approximate surface area is 118 Å². The van der Waals surface area contributed by atoms with Gasteiger partial charge in [0.2, 0.25) is 0 Å². The van der Waals surface area contributed by atoms with Gasteiger partial charge in [-0.05, 0) is 0 Å². The van der Waals surface area contributed by atoms with Gasteiger partial charge in [0, 0.05) is 0 Å². The molecule has 0 spiro atoms. The third-order valence-corrected chi connectivity index (χ3v) is 4.89. The monoisotopic (exact) mass is 312 g/mol. The van der Waals surface area contributed by atoms with Crippen molar-refractivity contribution in [2.75, 3.05) is 0 Å². The maximum atomic E-state index is 12.3. The molecule has 1 nitrogen and oxygen atoms in total. The molecule has 19 heavy (non-hydrogen) atoms. The van der Waals surface area contributed by atoms with E-state index in [2.05, 4.69) is 6.07 Å². The van der Waals surface area contributed by atoms with Gasteiger partial charge in [0.05, 0.1) is 0 Å². The number of benzene rings is 3. The molecule has 92 valence electrons. The second-order valence-electron chi connectivity index (χ2n) is 4.26. The number of carbonyl (C=O) groups is 1. The van der Waals surface area contributed by atoms with Crippen LogP contribution >= 0.6 is 0 Å². The van der Waals surface area contributed by atoms with Crippen molar-refractivity contribution in [3.63, 3.8) is 0 Å². The average Bonchev–Trinajstić information content (AvgIpc) is 2.48. The van der Waals surface area contributed by atoms with E-state index in [9.17, 15) is 4.79 Å². The zero-order valence-electron chi connectivity index (χ0n) is 10.2. The third kappa shape index (κ3) is 2.76. The van der Waals surface area contributed by atoms with E-state index < -0.39 is 0 Å². The first kappa shape index (κ1) is 12.2. The van der Waals surface area contributed by atoms with Gasteiger partial charge in [-0.1, -0.05) is 0 Å². The molecule has 0 radical (unpaired) electrons. The summed E-state index contributed by atoms with van der Waals surface area (Å²) in [6, 6.07) is 24.0. The normalized spacial score (nSPS) is 10.5. The predicted molar refractivity (Wildman–Crippen MR) is 80.1 cm³/mol. The van der Waals surface area contributed by atoms with Crippen molar-refractivity contribution >= 4 is 34.9 Å². The van der Waals surface area contributed by atoms with Gasteiger partial charge in [0.25, 0.3) is 0 Å². The van der Waals surface area contributed by atoms with Crippen molar-refractivity contribution in [1.82, 2.24) is 0 Å². The predicted octanol–water partition coefficient (Wildman–Crippen LogP) is 3.01. The van der Waals surface area contributed by atoms with Crippen LogP contribution in [0.4, 0.5) is 0 Å². The van der Waals surface area contributed by atoms with E-state index in [1.54, 1.807) is 0 Å². The maximum absolute atomic E-state index is 12.3. The second kappa shape index (κ2) is 5.39. The van der Waals surface area contributed by atoms with Crippen LogP contribution in [0.15, 0.2) is 72.8 Å². The molecular formula is C17H12OSe. The fourth-order valence-electron chi connectivity index (χ4n) is 1.97. The molecule has 0 amide bonds. The van der Waals surface area contributed by atoms with E-state index in [1.165, 1.54) is 5.39 Å². The van der Waals surface area contributed by atoms with Gasteiger partial charge in [0.1, 0.15) is 0 Å². The summed E-state index contributed by atoms with van der Waals surface area (Å²) in [5, 5.41) is 2.29. The molecule has 0 aromatic heterocycles. The molecule has 3 aromatic rings. The number of carbonyl (C=O) groups excluding carboxylic acids is 1.